The van der Waals surface area contributed by atoms with Gasteiger partial charge in [0.25, 0.3) is 0 Å². The van der Waals surface area contributed by atoms with Crippen molar-refractivity contribution < 1.29 is 4.79 Å². The number of nitrogens with zero attached hydrogens (tertiary/aromatic N) is 1. The number of hydrogen-bond acceptors (Lipinski definition) is 2. The summed E-state index contributed by atoms with van der Waals surface area (Å²) in [6, 6.07) is 0.630. The van der Waals surface area contributed by atoms with Gasteiger partial charge in [-0.2, -0.15) is 0 Å². The van der Waals surface area contributed by atoms with Crippen LogP contribution in [0.4, 0.5) is 0 Å². The van der Waals surface area contributed by atoms with Crippen molar-refractivity contribution in [3.05, 3.63) is 0 Å². The standard InChI is InChI=1S/C13H26N2O/c1-4-10-15(5-2)13(16)11-6-8-12(14-3)9-7-11/h11-12,14H,4-10H2,1-3H3. The highest BCUT2D eigenvalue weighted by Gasteiger charge is 2.27. The normalized spacial score (nSPS) is 25.4. The maximum absolute atomic E-state index is 12.2. The second-order valence-corrected chi connectivity index (χ2v) is 4.76. The Hall–Kier alpha value is -0.570. The van der Waals surface area contributed by atoms with Crippen LogP contribution < -0.4 is 5.32 Å². The van der Waals surface area contributed by atoms with Crippen LogP contribution in [0, 0.1) is 5.92 Å². The Balaban J connectivity index is 2.42. The molecule has 3 nitrogen and oxygen atoms in total. The lowest BCUT2D eigenvalue weighted by Gasteiger charge is -2.31. The fourth-order valence-corrected chi connectivity index (χ4v) is 2.58. The first-order valence-electron chi connectivity index (χ1n) is 6.68. The molecule has 0 spiro atoms. The van der Waals surface area contributed by atoms with E-state index in [1.165, 1.54) is 0 Å². The molecule has 1 fully saturated rings. The first-order chi connectivity index (χ1) is 7.72. The molecule has 1 amide bonds. The Morgan fingerprint density at radius 2 is 1.88 bits per heavy atom. The highest BCUT2D eigenvalue weighted by Crippen LogP contribution is 2.25. The van der Waals surface area contributed by atoms with Crippen molar-refractivity contribution in [3.8, 4) is 0 Å². The van der Waals surface area contributed by atoms with Gasteiger partial charge in [-0.3, -0.25) is 4.79 Å². The number of hydrogen-bond donors (Lipinski definition) is 1. The Labute approximate surface area is 99.6 Å². The number of amides is 1. The summed E-state index contributed by atoms with van der Waals surface area (Å²) < 4.78 is 0. The lowest BCUT2D eigenvalue weighted by Crippen LogP contribution is -2.40. The van der Waals surface area contributed by atoms with E-state index in [1.807, 2.05) is 11.9 Å². The maximum Gasteiger partial charge on any atom is 0.225 e. The average Bonchev–Trinajstić information content (AvgIpc) is 2.35. The summed E-state index contributed by atoms with van der Waals surface area (Å²) in [5, 5.41) is 3.31. The molecule has 0 aromatic heterocycles. The topological polar surface area (TPSA) is 32.3 Å². The van der Waals surface area contributed by atoms with E-state index >= 15 is 0 Å². The van der Waals surface area contributed by atoms with Crippen LogP contribution >= 0.6 is 0 Å². The van der Waals surface area contributed by atoms with Crippen molar-refractivity contribution in [1.29, 1.82) is 0 Å². The minimum atomic E-state index is 0.288. The van der Waals surface area contributed by atoms with Gasteiger partial charge >= 0.3 is 0 Å². The monoisotopic (exact) mass is 226 g/mol. The van der Waals surface area contributed by atoms with Gasteiger partial charge in [0.1, 0.15) is 0 Å². The predicted molar refractivity (Wildman–Crippen MR) is 67.4 cm³/mol. The van der Waals surface area contributed by atoms with Crippen molar-refractivity contribution >= 4 is 5.91 Å². The van der Waals surface area contributed by atoms with Gasteiger partial charge in [-0.25, -0.2) is 0 Å². The minimum absolute atomic E-state index is 0.288. The second-order valence-electron chi connectivity index (χ2n) is 4.76. The zero-order valence-electron chi connectivity index (χ0n) is 11.0. The highest BCUT2D eigenvalue weighted by molar-refractivity contribution is 5.78. The molecule has 3 heteroatoms. The number of carbonyl (C=O) groups excluding carboxylic acids is 1. The van der Waals surface area contributed by atoms with Crippen LogP contribution in [0.2, 0.25) is 0 Å². The molecule has 0 heterocycles. The van der Waals surface area contributed by atoms with Gasteiger partial charge in [0.05, 0.1) is 0 Å². The molecule has 0 aromatic rings. The lowest BCUT2D eigenvalue weighted by atomic mass is 9.85. The SMILES string of the molecule is CCCN(CC)C(=O)C1CCC(NC)CC1. The van der Waals surface area contributed by atoms with Gasteiger partial charge in [0.15, 0.2) is 0 Å². The molecule has 0 unspecified atom stereocenters. The average molecular weight is 226 g/mol. The number of rotatable bonds is 5. The van der Waals surface area contributed by atoms with E-state index in [4.69, 9.17) is 0 Å². The first kappa shape index (κ1) is 13.5. The summed E-state index contributed by atoms with van der Waals surface area (Å²) >= 11 is 0. The zero-order chi connectivity index (χ0) is 12.0. The number of carbonyl (C=O) groups is 1. The van der Waals surface area contributed by atoms with E-state index in [2.05, 4.69) is 19.2 Å². The van der Waals surface area contributed by atoms with E-state index < -0.39 is 0 Å². The van der Waals surface area contributed by atoms with Gasteiger partial charge in [-0.15, -0.1) is 0 Å². The van der Waals surface area contributed by atoms with Crippen molar-refractivity contribution in [2.24, 2.45) is 5.92 Å². The molecule has 0 aliphatic heterocycles. The Morgan fingerprint density at radius 1 is 1.25 bits per heavy atom. The van der Waals surface area contributed by atoms with Gasteiger partial charge < -0.3 is 10.2 Å². The van der Waals surface area contributed by atoms with Crippen LogP contribution in [0.1, 0.15) is 46.0 Å². The summed E-state index contributed by atoms with van der Waals surface area (Å²) in [7, 11) is 2.02. The van der Waals surface area contributed by atoms with Crippen molar-refractivity contribution in [2.75, 3.05) is 20.1 Å². The summed E-state index contributed by atoms with van der Waals surface area (Å²) in [4.78, 5) is 14.2. The van der Waals surface area contributed by atoms with Crippen molar-refractivity contribution in [2.45, 2.75) is 52.0 Å². The fraction of sp³-hybridized carbons (Fsp3) is 0.923. The molecule has 0 saturated heterocycles. The van der Waals surface area contributed by atoms with Crippen LogP contribution in [-0.2, 0) is 4.79 Å². The van der Waals surface area contributed by atoms with Crippen LogP contribution in [0.3, 0.4) is 0 Å². The van der Waals surface area contributed by atoms with Gasteiger partial charge in [-0.05, 0) is 46.1 Å². The molecule has 1 aliphatic rings. The molecule has 1 N–H and O–H groups in total. The van der Waals surface area contributed by atoms with E-state index in [0.717, 1.165) is 45.2 Å². The summed E-state index contributed by atoms with van der Waals surface area (Å²) in [5.41, 5.74) is 0. The fourth-order valence-electron chi connectivity index (χ4n) is 2.58. The maximum atomic E-state index is 12.2. The largest absolute Gasteiger partial charge is 0.343 e. The third kappa shape index (κ3) is 3.48. The molecule has 1 aliphatic carbocycles. The predicted octanol–water partition coefficient (Wildman–Crippen LogP) is 2.02. The smallest absolute Gasteiger partial charge is 0.225 e. The third-order valence-corrected chi connectivity index (χ3v) is 3.67. The molecule has 1 saturated carbocycles. The van der Waals surface area contributed by atoms with E-state index in [1.54, 1.807) is 0 Å². The molecule has 94 valence electrons. The van der Waals surface area contributed by atoms with Crippen LogP contribution in [0.15, 0.2) is 0 Å². The quantitative estimate of drug-likeness (QED) is 0.778. The van der Waals surface area contributed by atoms with E-state index in [0.29, 0.717) is 11.9 Å². The molecule has 0 aromatic carbocycles. The van der Waals surface area contributed by atoms with Crippen molar-refractivity contribution in [3.63, 3.8) is 0 Å². The molecule has 0 bridgehead atoms. The number of nitrogens with one attached hydrogen (secondary N) is 1. The van der Waals surface area contributed by atoms with Crippen LogP contribution in [0.25, 0.3) is 0 Å². The minimum Gasteiger partial charge on any atom is -0.343 e. The molecular formula is C13H26N2O. The third-order valence-electron chi connectivity index (χ3n) is 3.67. The van der Waals surface area contributed by atoms with Crippen LogP contribution in [0.5, 0.6) is 0 Å². The summed E-state index contributed by atoms with van der Waals surface area (Å²) in [5.74, 6) is 0.676. The zero-order valence-corrected chi connectivity index (χ0v) is 11.0. The Morgan fingerprint density at radius 3 is 2.31 bits per heavy atom. The summed E-state index contributed by atoms with van der Waals surface area (Å²) in [6.45, 7) is 5.99. The molecule has 16 heavy (non-hydrogen) atoms. The van der Waals surface area contributed by atoms with Gasteiger partial charge in [0, 0.05) is 25.0 Å². The van der Waals surface area contributed by atoms with Gasteiger partial charge in [-0.1, -0.05) is 6.92 Å². The Kier molecular flexibility index (Phi) is 5.81. The highest BCUT2D eigenvalue weighted by atomic mass is 16.2. The summed E-state index contributed by atoms with van der Waals surface area (Å²) in [6.07, 6.45) is 5.48. The van der Waals surface area contributed by atoms with Crippen molar-refractivity contribution in [1.82, 2.24) is 10.2 Å². The molecular weight excluding hydrogens is 200 g/mol. The molecule has 1 rings (SSSR count). The van der Waals surface area contributed by atoms with Crippen LogP contribution in [-0.4, -0.2) is 37.0 Å². The van der Waals surface area contributed by atoms with Gasteiger partial charge in [0.2, 0.25) is 5.91 Å². The molecule has 0 atom stereocenters. The Bertz CT molecular complexity index is 210. The van der Waals surface area contributed by atoms with E-state index in [-0.39, 0.29) is 5.92 Å². The van der Waals surface area contributed by atoms with E-state index in [9.17, 15) is 4.79 Å². The molecule has 0 radical (unpaired) electrons. The lowest BCUT2D eigenvalue weighted by molar-refractivity contribution is -0.136. The second kappa shape index (κ2) is 6.89. The first-order valence-corrected chi connectivity index (χ1v) is 6.68.